The number of hydrogen-bond acceptors (Lipinski definition) is 7. The summed E-state index contributed by atoms with van der Waals surface area (Å²) < 4.78 is 27.5. The van der Waals surface area contributed by atoms with Crippen LogP contribution in [0.1, 0.15) is 21.0 Å². The number of rotatable bonds is 6. The van der Waals surface area contributed by atoms with Gasteiger partial charge in [-0.25, -0.2) is 9.59 Å². The SMILES string of the molecule is COc1cc(-c2cc3[nH]c(C(=O)Oc4ccccc4)cc3o2)ccc1OC(=O)c1cc2occc2[nH]1. The number of carbonyl (C=O) groups excluding carboxylic acids is 2. The largest absolute Gasteiger partial charge is 0.493 e. The number of ether oxygens (including phenoxy) is 3. The number of fused-ring (bicyclic) bond motifs is 2. The highest BCUT2D eigenvalue weighted by molar-refractivity contribution is 5.96. The number of H-pyrrole nitrogens is 2. The zero-order valence-corrected chi connectivity index (χ0v) is 18.9. The molecule has 4 aromatic heterocycles. The quantitative estimate of drug-likeness (QED) is 0.222. The van der Waals surface area contributed by atoms with E-state index in [0.717, 1.165) is 0 Å². The highest BCUT2D eigenvalue weighted by Gasteiger charge is 2.19. The van der Waals surface area contributed by atoms with Crippen molar-refractivity contribution in [2.45, 2.75) is 0 Å². The lowest BCUT2D eigenvalue weighted by Crippen LogP contribution is -2.09. The van der Waals surface area contributed by atoms with E-state index in [-0.39, 0.29) is 17.1 Å². The molecule has 36 heavy (non-hydrogen) atoms. The molecule has 9 nitrogen and oxygen atoms in total. The third kappa shape index (κ3) is 3.88. The molecule has 0 saturated carbocycles. The van der Waals surface area contributed by atoms with E-state index in [4.69, 9.17) is 23.0 Å². The lowest BCUT2D eigenvalue weighted by molar-refractivity contribution is 0.0717. The van der Waals surface area contributed by atoms with Crippen LogP contribution in [0.2, 0.25) is 0 Å². The van der Waals surface area contributed by atoms with Crippen molar-refractivity contribution < 1.29 is 32.6 Å². The molecule has 6 rings (SSSR count). The van der Waals surface area contributed by atoms with Gasteiger partial charge in [0.1, 0.15) is 22.9 Å². The van der Waals surface area contributed by atoms with Crippen molar-refractivity contribution in [1.29, 1.82) is 0 Å². The molecule has 0 saturated heterocycles. The van der Waals surface area contributed by atoms with Crippen LogP contribution in [-0.4, -0.2) is 29.0 Å². The number of benzene rings is 2. The zero-order valence-electron chi connectivity index (χ0n) is 18.9. The van der Waals surface area contributed by atoms with Gasteiger partial charge >= 0.3 is 11.9 Å². The highest BCUT2D eigenvalue weighted by atomic mass is 16.6. The maximum atomic E-state index is 12.6. The van der Waals surface area contributed by atoms with E-state index < -0.39 is 11.9 Å². The first-order valence-corrected chi connectivity index (χ1v) is 10.9. The third-order valence-corrected chi connectivity index (χ3v) is 5.59. The summed E-state index contributed by atoms with van der Waals surface area (Å²) in [7, 11) is 1.48. The predicted molar refractivity (Wildman–Crippen MR) is 129 cm³/mol. The highest BCUT2D eigenvalue weighted by Crippen LogP contribution is 2.35. The van der Waals surface area contributed by atoms with E-state index in [1.54, 1.807) is 66.7 Å². The van der Waals surface area contributed by atoms with Crippen molar-refractivity contribution >= 4 is 34.1 Å². The topological polar surface area (TPSA) is 120 Å². The Hall–Kier alpha value is -5.18. The molecule has 9 heteroatoms. The van der Waals surface area contributed by atoms with Gasteiger partial charge in [-0.1, -0.05) is 18.2 Å². The molecule has 2 aromatic carbocycles. The minimum absolute atomic E-state index is 0.250. The second-order valence-electron chi connectivity index (χ2n) is 7.91. The maximum Gasteiger partial charge on any atom is 0.360 e. The molecule has 0 atom stereocenters. The lowest BCUT2D eigenvalue weighted by Gasteiger charge is -2.10. The number of methoxy groups -OCH3 is 1. The average Bonchev–Trinajstić information content (AvgIpc) is 3.65. The molecule has 4 heterocycles. The second-order valence-corrected chi connectivity index (χ2v) is 7.91. The van der Waals surface area contributed by atoms with Crippen LogP contribution in [0.25, 0.3) is 33.5 Å². The van der Waals surface area contributed by atoms with Crippen molar-refractivity contribution in [3.8, 4) is 28.6 Å². The molecular formula is C27H18N2O7. The van der Waals surface area contributed by atoms with Gasteiger partial charge in [0.25, 0.3) is 0 Å². The molecule has 6 aromatic rings. The number of para-hydroxylation sites is 1. The van der Waals surface area contributed by atoms with E-state index in [2.05, 4.69) is 9.97 Å². The van der Waals surface area contributed by atoms with Gasteiger partial charge in [0.15, 0.2) is 22.7 Å². The third-order valence-electron chi connectivity index (χ3n) is 5.59. The Morgan fingerprint density at radius 1 is 0.750 bits per heavy atom. The molecule has 178 valence electrons. The first kappa shape index (κ1) is 21.4. The molecule has 0 aliphatic rings. The van der Waals surface area contributed by atoms with Gasteiger partial charge in [0.05, 0.1) is 24.4 Å². The smallest absolute Gasteiger partial charge is 0.360 e. The minimum Gasteiger partial charge on any atom is -0.493 e. The summed E-state index contributed by atoms with van der Waals surface area (Å²) in [5, 5.41) is 0. The fourth-order valence-electron chi connectivity index (χ4n) is 3.84. The van der Waals surface area contributed by atoms with Crippen LogP contribution in [0, 0.1) is 0 Å². The standard InChI is InChI=1S/C27H18N2O7/c1-32-25-11-15(7-8-21(25)36-27(31)19-13-23-17(28-19)9-10-33-23)22-12-18-24(35-22)14-20(29-18)26(30)34-16-5-3-2-4-6-16/h2-14,28-29H,1H3. The molecule has 2 N–H and O–H groups in total. The van der Waals surface area contributed by atoms with Gasteiger partial charge in [-0.15, -0.1) is 0 Å². The number of nitrogens with one attached hydrogen (secondary N) is 2. The second kappa shape index (κ2) is 8.55. The van der Waals surface area contributed by atoms with Crippen LogP contribution in [0.5, 0.6) is 17.2 Å². The number of furan rings is 2. The van der Waals surface area contributed by atoms with Crippen LogP contribution in [0.4, 0.5) is 0 Å². The monoisotopic (exact) mass is 482 g/mol. The van der Waals surface area contributed by atoms with E-state index in [0.29, 0.717) is 45.0 Å². The first-order chi connectivity index (χ1) is 17.6. The Morgan fingerprint density at radius 2 is 1.50 bits per heavy atom. The summed E-state index contributed by atoms with van der Waals surface area (Å²) in [6, 6.07) is 20.5. The minimum atomic E-state index is -0.575. The summed E-state index contributed by atoms with van der Waals surface area (Å²) in [6.45, 7) is 0. The zero-order chi connectivity index (χ0) is 24.6. The molecule has 0 radical (unpaired) electrons. The number of aromatic nitrogens is 2. The maximum absolute atomic E-state index is 12.6. The van der Waals surface area contributed by atoms with Gasteiger partial charge in [-0.3, -0.25) is 0 Å². The van der Waals surface area contributed by atoms with Crippen LogP contribution < -0.4 is 14.2 Å². The van der Waals surface area contributed by atoms with Crippen LogP contribution in [0.15, 0.2) is 87.9 Å². The van der Waals surface area contributed by atoms with Gasteiger partial charge in [0, 0.05) is 29.8 Å². The fourth-order valence-corrected chi connectivity index (χ4v) is 3.84. The molecule has 0 aliphatic heterocycles. The van der Waals surface area contributed by atoms with Crippen molar-refractivity contribution in [2.75, 3.05) is 7.11 Å². The Labute approximate surface area is 203 Å². The Morgan fingerprint density at radius 3 is 2.25 bits per heavy atom. The Kier molecular flexibility index (Phi) is 5.07. The van der Waals surface area contributed by atoms with Crippen molar-refractivity contribution in [3.05, 3.63) is 90.4 Å². The van der Waals surface area contributed by atoms with Crippen LogP contribution in [0.3, 0.4) is 0 Å². The van der Waals surface area contributed by atoms with Crippen molar-refractivity contribution in [1.82, 2.24) is 9.97 Å². The summed E-state index contributed by atoms with van der Waals surface area (Å²) in [5.74, 6) is 0.502. The molecular weight excluding hydrogens is 464 g/mol. The van der Waals surface area contributed by atoms with Crippen LogP contribution >= 0.6 is 0 Å². The van der Waals surface area contributed by atoms with Crippen molar-refractivity contribution in [3.63, 3.8) is 0 Å². The van der Waals surface area contributed by atoms with Crippen LogP contribution in [-0.2, 0) is 0 Å². The molecule has 0 spiro atoms. The van der Waals surface area contributed by atoms with Gasteiger partial charge < -0.3 is 33.0 Å². The van der Waals surface area contributed by atoms with Crippen molar-refractivity contribution in [2.24, 2.45) is 0 Å². The first-order valence-electron chi connectivity index (χ1n) is 10.9. The number of hydrogen-bond donors (Lipinski definition) is 2. The Bertz CT molecular complexity index is 1660. The number of esters is 2. The molecule has 0 bridgehead atoms. The van der Waals surface area contributed by atoms with Gasteiger partial charge in [-0.05, 0) is 30.3 Å². The number of aromatic amines is 2. The van der Waals surface area contributed by atoms with E-state index in [9.17, 15) is 9.59 Å². The normalized spacial score (nSPS) is 11.1. The van der Waals surface area contributed by atoms with E-state index >= 15 is 0 Å². The van der Waals surface area contributed by atoms with Gasteiger partial charge in [-0.2, -0.15) is 0 Å². The van der Waals surface area contributed by atoms with E-state index in [1.165, 1.54) is 13.4 Å². The lowest BCUT2D eigenvalue weighted by atomic mass is 10.1. The molecule has 0 aliphatic carbocycles. The molecule has 0 unspecified atom stereocenters. The average molecular weight is 482 g/mol. The fraction of sp³-hybridized carbons (Fsp3) is 0.0370. The predicted octanol–water partition coefficient (Wildman–Crippen LogP) is 5.95. The van der Waals surface area contributed by atoms with E-state index in [1.807, 2.05) is 6.07 Å². The number of carbonyl (C=O) groups is 2. The summed E-state index contributed by atoms with van der Waals surface area (Å²) in [5.41, 5.74) is 3.63. The summed E-state index contributed by atoms with van der Waals surface area (Å²) >= 11 is 0. The van der Waals surface area contributed by atoms with Gasteiger partial charge in [0.2, 0.25) is 0 Å². The Balaban J connectivity index is 1.21. The molecule has 0 amide bonds. The summed E-state index contributed by atoms with van der Waals surface area (Å²) in [4.78, 5) is 31.0. The molecule has 0 fully saturated rings. The summed E-state index contributed by atoms with van der Waals surface area (Å²) in [6.07, 6.45) is 1.53.